The summed E-state index contributed by atoms with van der Waals surface area (Å²) in [7, 11) is 1.57. The van der Waals surface area contributed by atoms with Crippen LogP contribution in [-0.2, 0) is 6.42 Å². The fourth-order valence-electron chi connectivity index (χ4n) is 4.14. The molecule has 3 heterocycles. The Hall–Kier alpha value is -4.32. The van der Waals surface area contributed by atoms with Crippen LogP contribution in [-0.4, -0.2) is 35.8 Å². The standard InChI is InChI=1S/C27H21N3O3/c1-33-26-12-11-20(16-28-26)23-6-4-7-24(29-23)27(32)30-14-13-19-10-9-18(17-31)15-22(19)21-5-2-3-8-25(21)30/h2-12,15-17H,13-14H2,1H3. The highest BCUT2D eigenvalue weighted by Crippen LogP contribution is 2.37. The fourth-order valence-corrected chi connectivity index (χ4v) is 4.14. The number of anilines is 1. The molecule has 1 amide bonds. The number of methoxy groups -OCH3 is 1. The van der Waals surface area contributed by atoms with Crippen LogP contribution in [0.1, 0.15) is 26.4 Å². The number of ether oxygens (including phenoxy) is 1. The number of hydrogen-bond donors (Lipinski definition) is 0. The van der Waals surface area contributed by atoms with E-state index in [0.717, 1.165) is 34.2 Å². The number of rotatable bonds is 4. The molecule has 162 valence electrons. The minimum atomic E-state index is -0.172. The van der Waals surface area contributed by atoms with E-state index >= 15 is 0 Å². The van der Waals surface area contributed by atoms with Crippen molar-refractivity contribution < 1.29 is 14.3 Å². The van der Waals surface area contributed by atoms with Crippen molar-refractivity contribution in [2.75, 3.05) is 18.6 Å². The van der Waals surface area contributed by atoms with Crippen LogP contribution in [0.5, 0.6) is 5.88 Å². The lowest BCUT2D eigenvalue weighted by Crippen LogP contribution is -2.33. The molecule has 0 bridgehead atoms. The second-order valence-corrected chi connectivity index (χ2v) is 7.76. The third kappa shape index (κ3) is 3.87. The number of fused-ring (bicyclic) bond motifs is 3. The average molecular weight is 435 g/mol. The number of amides is 1. The highest BCUT2D eigenvalue weighted by Gasteiger charge is 2.26. The first kappa shape index (κ1) is 20.6. The molecule has 0 N–H and O–H groups in total. The molecule has 6 heteroatoms. The van der Waals surface area contributed by atoms with Gasteiger partial charge in [-0.25, -0.2) is 9.97 Å². The van der Waals surface area contributed by atoms with Crippen LogP contribution in [0.15, 0.2) is 79.0 Å². The lowest BCUT2D eigenvalue weighted by Gasteiger charge is -2.22. The summed E-state index contributed by atoms with van der Waals surface area (Å²) in [6, 6.07) is 22.5. The molecular weight excluding hydrogens is 414 g/mol. The lowest BCUT2D eigenvalue weighted by atomic mass is 9.96. The molecule has 0 saturated carbocycles. The van der Waals surface area contributed by atoms with Crippen LogP contribution in [0.2, 0.25) is 0 Å². The van der Waals surface area contributed by atoms with Crippen molar-refractivity contribution in [1.82, 2.24) is 9.97 Å². The molecular formula is C27H21N3O3. The molecule has 0 saturated heterocycles. The van der Waals surface area contributed by atoms with Gasteiger partial charge in [-0.3, -0.25) is 9.59 Å². The molecule has 0 unspecified atom stereocenters. The minimum Gasteiger partial charge on any atom is -0.481 e. The van der Waals surface area contributed by atoms with Crippen molar-refractivity contribution in [3.63, 3.8) is 0 Å². The maximum absolute atomic E-state index is 13.6. The van der Waals surface area contributed by atoms with Gasteiger partial charge in [0, 0.05) is 35.5 Å². The van der Waals surface area contributed by atoms with Gasteiger partial charge >= 0.3 is 0 Å². The van der Waals surface area contributed by atoms with Gasteiger partial charge in [-0.05, 0) is 47.9 Å². The van der Waals surface area contributed by atoms with E-state index in [1.54, 1.807) is 30.3 Å². The number of pyridine rings is 2. The number of aromatic nitrogens is 2. The predicted molar refractivity (Wildman–Crippen MR) is 127 cm³/mol. The normalized spacial score (nSPS) is 12.3. The number of nitrogens with zero attached hydrogens (tertiary/aromatic N) is 3. The van der Waals surface area contributed by atoms with Crippen molar-refractivity contribution in [2.24, 2.45) is 0 Å². The summed E-state index contributed by atoms with van der Waals surface area (Å²) < 4.78 is 5.12. The first-order valence-electron chi connectivity index (χ1n) is 10.6. The number of aldehydes is 1. The van der Waals surface area contributed by atoms with Crippen LogP contribution in [0.4, 0.5) is 5.69 Å². The zero-order valence-electron chi connectivity index (χ0n) is 18.1. The van der Waals surface area contributed by atoms with Gasteiger partial charge in [-0.15, -0.1) is 0 Å². The summed E-state index contributed by atoms with van der Waals surface area (Å²) in [5.74, 6) is 0.346. The highest BCUT2D eigenvalue weighted by molar-refractivity contribution is 6.08. The van der Waals surface area contributed by atoms with E-state index in [1.807, 2.05) is 60.7 Å². The molecule has 0 spiro atoms. The third-order valence-corrected chi connectivity index (χ3v) is 5.81. The molecule has 2 aromatic heterocycles. The van der Waals surface area contributed by atoms with Crippen molar-refractivity contribution in [2.45, 2.75) is 6.42 Å². The molecule has 5 rings (SSSR count). The highest BCUT2D eigenvalue weighted by atomic mass is 16.5. The van der Waals surface area contributed by atoms with Crippen molar-refractivity contribution in [3.05, 3.63) is 95.8 Å². The average Bonchev–Trinajstić information content (AvgIpc) is 3.05. The molecule has 0 fully saturated rings. The quantitative estimate of drug-likeness (QED) is 0.429. The van der Waals surface area contributed by atoms with E-state index in [9.17, 15) is 9.59 Å². The van der Waals surface area contributed by atoms with Crippen LogP contribution in [0.3, 0.4) is 0 Å². The molecule has 1 aliphatic rings. The molecule has 33 heavy (non-hydrogen) atoms. The predicted octanol–water partition coefficient (Wildman–Crippen LogP) is 4.83. The summed E-state index contributed by atoms with van der Waals surface area (Å²) in [6.45, 7) is 0.513. The lowest BCUT2D eigenvalue weighted by molar-refractivity contribution is 0.0982. The molecule has 0 radical (unpaired) electrons. The van der Waals surface area contributed by atoms with E-state index in [1.165, 1.54) is 0 Å². The van der Waals surface area contributed by atoms with Crippen LogP contribution in [0.25, 0.3) is 22.4 Å². The maximum atomic E-state index is 13.6. The van der Waals surface area contributed by atoms with E-state index in [4.69, 9.17) is 4.74 Å². The first-order valence-corrected chi connectivity index (χ1v) is 10.6. The molecule has 6 nitrogen and oxygen atoms in total. The van der Waals surface area contributed by atoms with Crippen LogP contribution >= 0.6 is 0 Å². The SMILES string of the molecule is COc1ccc(-c2cccc(C(=O)N3CCc4ccc(C=O)cc4-c4ccccc43)n2)cn1. The Morgan fingerprint density at radius 2 is 1.88 bits per heavy atom. The molecule has 0 aliphatic carbocycles. The van der Waals surface area contributed by atoms with Gasteiger partial charge in [-0.1, -0.05) is 36.4 Å². The number of para-hydroxylation sites is 1. The third-order valence-electron chi connectivity index (χ3n) is 5.81. The Morgan fingerprint density at radius 1 is 1.00 bits per heavy atom. The van der Waals surface area contributed by atoms with Crippen molar-refractivity contribution in [1.29, 1.82) is 0 Å². The Bertz CT molecular complexity index is 1350. The monoisotopic (exact) mass is 435 g/mol. The van der Waals surface area contributed by atoms with Crippen molar-refractivity contribution in [3.8, 4) is 28.3 Å². The largest absolute Gasteiger partial charge is 0.481 e. The molecule has 4 aromatic rings. The molecule has 1 aliphatic heterocycles. The summed E-state index contributed by atoms with van der Waals surface area (Å²) >= 11 is 0. The number of hydrogen-bond acceptors (Lipinski definition) is 5. The minimum absolute atomic E-state index is 0.172. The summed E-state index contributed by atoms with van der Waals surface area (Å²) in [4.78, 5) is 35.6. The summed E-state index contributed by atoms with van der Waals surface area (Å²) in [5, 5.41) is 0. The molecule has 2 aromatic carbocycles. The summed E-state index contributed by atoms with van der Waals surface area (Å²) in [5.41, 5.74) is 6.27. The Labute approximate surface area is 191 Å². The van der Waals surface area contributed by atoms with Gasteiger partial charge in [0.25, 0.3) is 5.91 Å². The van der Waals surface area contributed by atoms with Crippen LogP contribution in [0, 0.1) is 0 Å². The summed E-state index contributed by atoms with van der Waals surface area (Å²) in [6.07, 6.45) is 3.20. The number of carbonyl (C=O) groups is 2. The number of benzene rings is 2. The fraction of sp³-hybridized carbons (Fsp3) is 0.111. The second kappa shape index (κ2) is 8.67. The van der Waals surface area contributed by atoms with E-state index in [0.29, 0.717) is 35.8 Å². The van der Waals surface area contributed by atoms with Gasteiger partial charge in [0.1, 0.15) is 12.0 Å². The van der Waals surface area contributed by atoms with Gasteiger partial charge in [-0.2, -0.15) is 0 Å². The van der Waals surface area contributed by atoms with E-state index in [-0.39, 0.29) is 5.91 Å². The van der Waals surface area contributed by atoms with Gasteiger partial charge in [0.05, 0.1) is 18.5 Å². The van der Waals surface area contributed by atoms with Gasteiger partial charge in [0.2, 0.25) is 5.88 Å². The van der Waals surface area contributed by atoms with Gasteiger partial charge < -0.3 is 9.64 Å². The second-order valence-electron chi connectivity index (χ2n) is 7.76. The zero-order chi connectivity index (χ0) is 22.8. The van der Waals surface area contributed by atoms with Crippen LogP contribution < -0.4 is 9.64 Å². The number of carbonyl (C=O) groups excluding carboxylic acids is 2. The smallest absolute Gasteiger partial charge is 0.276 e. The van der Waals surface area contributed by atoms with E-state index < -0.39 is 0 Å². The molecule has 0 atom stereocenters. The Morgan fingerprint density at radius 3 is 2.67 bits per heavy atom. The zero-order valence-corrected chi connectivity index (χ0v) is 18.1. The first-order chi connectivity index (χ1) is 16.2. The van der Waals surface area contributed by atoms with Gasteiger partial charge in [0.15, 0.2) is 0 Å². The Balaban J connectivity index is 1.53. The topological polar surface area (TPSA) is 72.4 Å². The Kier molecular flexibility index (Phi) is 5.40. The van der Waals surface area contributed by atoms with E-state index in [2.05, 4.69) is 9.97 Å². The van der Waals surface area contributed by atoms with Crippen molar-refractivity contribution >= 4 is 17.9 Å². The maximum Gasteiger partial charge on any atom is 0.276 e.